The fourth-order valence-electron chi connectivity index (χ4n) is 6.89. The maximum atomic E-state index is 3.32. The molecule has 0 N–H and O–H groups in total. The van der Waals surface area contributed by atoms with Crippen molar-refractivity contribution in [2.45, 2.75) is 57.4 Å². The van der Waals surface area contributed by atoms with E-state index in [1.807, 2.05) is 6.08 Å². The predicted molar refractivity (Wildman–Crippen MR) is 176 cm³/mol. The van der Waals surface area contributed by atoms with E-state index in [9.17, 15) is 0 Å². The molecule has 3 aliphatic rings. The summed E-state index contributed by atoms with van der Waals surface area (Å²) in [5.41, 5.74) is 9.69. The number of nitrogens with zero attached hydrogens (tertiary/aromatic N) is 2. The molecule has 2 nitrogen and oxygen atoms in total. The van der Waals surface area contributed by atoms with Gasteiger partial charge in [-0.1, -0.05) is 106 Å². The third-order valence-corrected chi connectivity index (χ3v) is 9.96. The van der Waals surface area contributed by atoms with Crippen molar-refractivity contribution >= 4 is 45.0 Å². The van der Waals surface area contributed by atoms with Crippen molar-refractivity contribution in [3.8, 4) is 11.8 Å². The Balaban J connectivity index is 1.20. The van der Waals surface area contributed by atoms with Crippen molar-refractivity contribution in [1.82, 2.24) is 0 Å². The Morgan fingerprint density at radius 2 is 1.64 bits per heavy atom. The molecule has 0 bridgehead atoms. The van der Waals surface area contributed by atoms with Gasteiger partial charge in [-0.2, -0.15) is 0 Å². The minimum absolute atomic E-state index is 0.000449. The third kappa shape index (κ3) is 4.16. The first kappa shape index (κ1) is 26.0. The molecule has 196 valence electrons. The monoisotopic (exact) mass is 622 g/mol. The molecule has 3 aromatic rings. The number of likely N-dealkylation sites (N-methyl/N-ethyl adjacent to an activating group) is 1. The van der Waals surface area contributed by atoms with Crippen LogP contribution >= 0.6 is 22.9 Å². The Kier molecular flexibility index (Phi) is 6.50. The lowest BCUT2D eigenvalue weighted by molar-refractivity contribution is 0.511. The second-order valence-electron chi connectivity index (χ2n) is 11.9. The van der Waals surface area contributed by atoms with Crippen LogP contribution in [0.2, 0.25) is 0 Å². The summed E-state index contributed by atoms with van der Waals surface area (Å²) < 4.78 is 2.38. The van der Waals surface area contributed by atoms with Crippen molar-refractivity contribution in [3.05, 3.63) is 119 Å². The molecule has 1 atom stereocenters. The summed E-state index contributed by atoms with van der Waals surface area (Å²) in [6.07, 6.45) is 17.2. The molecule has 3 aromatic carbocycles. The van der Waals surface area contributed by atoms with Crippen LogP contribution in [0.25, 0.3) is 10.8 Å². The van der Waals surface area contributed by atoms with Gasteiger partial charge in [0.1, 0.15) is 0 Å². The van der Waals surface area contributed by atoms with Gasteiger partial charge in [-0.05, 0) is 64.1 Å². The molecule has 0 radical (unpaired) electrons. The quantitative estimate of drug-likeness (QED) is 0.0928. The van der Waals surface area contributed by atoms with Crippen LogP contribution in [0, 0.1) is 11.8 Å². The summed E-state index contributed by atoms with van der Waals surface area (Å²) in [5.74, 6) is 6.56. The van der Waals surface area contributed by atoms with Gasteiger partial charge >= 0.3 is 0 Å². The van der Waals surface area contributed by atoms with E-state index in [-0.39, 0.29) is 16.9 Å². The van der Waals surface area contributed by atoms with Crippen LogP contribution in [0.15, 0.2) is 96.8 Å². The Bertz CT molecular complexity index is 1650. The van der Waals surface area contributed by atoms with Crippen molar-refractivity contribution in [2.24, 2.45) is 0 Å². The number of fused-ring (bicyclic) bond motifs is 6. The van der Waals surface area contributed by atoms with Gasteiger partial charge in [0, 0.05) is 35.3 Å². The molecule has 0 aromatic heterocycles. The molecular formula is C36H35IN2. The highest BCUT2D eigenvalue weighted by molar-refractivity contribution is 14.1. The van der Waals surface area contributed by atoms with Gasteiger partial charge in [-0.25, -0.2) is 0 Å². The van der Waals surface area contributed by atoms with Crippen LogP contribution in [-0.4, -0.2) is 13.1 Å². The number of hydrogen-bond acceptors (Lipinski definition) is 2. The van der Waals surface area contributed by atoms with Crippen LogP contribution in [0.4, 0.5) is 11.4 Å². The molecule has 2 aliphatic heterocycles. The molecule has 0 fully saturated rings. The van der Waals surface area contributed by atoms with Gasteiger partial charge < -0.3 is 8.01 Å². The molecule has 0 saturated heterocycles. The molecular weight excluding hydrogens is 587 g/mol. The van der Waals surface area contributed by atoms with Gasteiger partial charge in [-0.15, -0.1) is 0 Å². The van der Waals surface area contributed by atoms with Crippen molar-refractivity contribution in [1.29, 1.82) is 0 Å². The Labute approximate surface area is 247 Å². The van der Waals surface area contributed by atoms with Crippen LogP contribution in [0.1, 0.15) is 49.9 Å². The van der Waals surface area contributed by atoms with Gasteiger partial charge in [-0.3, -0.25) is 0 Å². The van der Waals surface area contributed by atoms with Gasteiger partial charge in [0.25, 0.3) is 0 Å². The smallest absolute Gasteiger partial charge is 0.0668 e. The van der Waals surface area contributed by atoms with Crippen LogP contribution < -0.4 is 8.01 Å². The molecule has 0 amide bonds. The minimum Gasteiger partial charge on any atom is -0.346 e. The second-order valence-corrected chi connectivity index (χ2v) is 12.9. The van der Waals surface area contributed by atoms with E-state index >= 15 is 0 Å². The number of halogens is 1. The maximum Gasteiger partial charge on any atom is 0.0668 e. The fraction of sp³-hybridized carbons (Fsp3) is 0.278. The van der Waals surface area contributed by atoms with E-state index in [4.69, 9.17) is 0 Å². The normalized spacial score (nSPS) is 21.5. The number of benzene rings is 3. The van der Waals surface area contributed by atoms with E-state index in [2.05, 4.69) is 162 Å². The van der Waals surface area contributed by atoms with Gasteiger partial charge in [0.15, 0.2) is 0 Å². The van der Waals surface area contributed by atoms with Crippen LogP contribution in [0.3, 0.4) is 0 Å². The highest BCUT2D eigenvalue weighted by Gasteiger charge is 2.43. The zero-order valence-electron chi connectivity index (χ0n) is 23.4. The van der Waals surface area contributed by atoms with Gasteiger partial charge in [0.05, 0.1) is 34.6 Å². The van der Waals surface area contributed by atoms with E-state index in [1.165, 1.54) is 50.1 Å². The average molecular weight is 623 g/mol. The molecule has 0 spiro atoms. The van der Waals surface area contributed by atoms with E-state index in [0.717, 1.165) is 12.8 Å². The zero-order chi connectivity index (χ0) is 27.4. The lowest BCUT2D eigenvalue weighted by atomic mass is 9.77. The lowest BCUT2D eigenvalue weighted by Crippen LogP contribution is -2.34. The zero-order valence-corrected chi connectivity index (χ0v) is 25.6. The maximum absolute atomic E-state index is 3.32. The van der Waals surface area contributed by atoms with Crippen molar-refractivity contribution < 1.29 is 0 Å². The molecule has 1 aliphatic carbocycles. The fourth-order valence-corrected chi connectivity index (χ4v) is 8.17. The summed E-state index contributed by atoms with van der Waals surface area (Å²) in [7, 11) is 2.17. The standard InChI is InChI=1S/C36H35IN2/c1-35(2)31(38(5)29-23-21-25-15-11-13-17-27(25)33(29)35)19-9-7-6-8-10-20-32-36(3,4)34-28-18-14-12-16-26(28)22-24-30(34)39(32)37/h6,8,10-14,16,18-24,32H,15,17H2,1-5H3/b8-6+,20-10+,31-19+. The topological polar surface area (TPSA) is 6.48 Å². The number of rotatable bonds is 2. The van der Waals surface area contributed by atoms with Crippen LogP contribution in [-0.2, 0) is 23.7 Å². The Morgan fingerprint density at radius 3 is 2.49 bits per heavy atom. The number of anilines is 2. The summed E-state index contributed by atoms with van der Waals surface area (Å²) in [4.78, 5) is 2.32. The average Bonchev–Trinajstić information content (AvgIpc) is 3.25. The second kappa shape index (κ2) is 9.75. The van der Waals surface area contributed by atoms with Crippen molar-refractivity contribution in [2.75, 3.05) is 15.1 Å². The van der Waals surface area contributed by atoms with E-state index in [0.29, 0.717) is 0 Å². The first-order valence-corrected chi connectivity index (χ1v) is 14.8. The molecule has 6 rings (SSSR count). The lowest BCUT2D eigenvalue weighted by Gasteiger charge is -2.28. The molecule has 0 saturated carbocycles. The Morgan fingerprint density at radius 1 is 0.872 bits per heavy atom. The summed E-state index contributed by atoms with van der Waals surface area (Å²) >= 11 is 2.47. The molecule has 1 unspecified atom stereocenters. The number of allylic oxidation sites excluding steroid dienone is 7. The first-order chi connectivity index (χ1) is 18.7. The summed E-state index contributed by atoms with van der Waals surface area (Å²) in [6.45, 7) is 9.38. The highest BCUT2D eigenvalue weighted by Crippen LogP contribution is 2.51. The van der Waals surface area contributed by atoms with Crippen LogP contribution in [0.5, 0.6) is 0 Å². The van der Waals surface area contributed by atoms with Crippen molar-refractivity contribution in [3.63, 3.8) is 0 Å². The van der Waals surface area contributed by atoms with E-state index in [1.54, 1.807) is 0 Å². The summed E-state index contributed by atoms with van der Waals surface area (Å²) in [6, 6.07) is 18.1. The first-order valence-electron chi connectivity index (χ1n) is 13.8. The van der Waals surface area contributed by atoms with E-state index < -0.39 is 0 Å². The van der Waals surface area contributed by atoms with Gasteiger partial charge in [0.2, 0.25) is 0 Å². The minimum atomic E-state index is -0.0596. The molecule has 2 heterocycles. The molecule has 3 heteroatoms. The highest BCUT2D eigenvalue weighted by atomic mass is 127. The SMILES string of the molecule is CN1/C(=C/C#C/C=C/C=C/C2N(I)c3ccc4ccccc4c3C2(C)C)C(C)(C)c2c1ccc1c2CC=CC1. The summed E-state index contributed by atoms with van der Waals surface area (Å²) in [5, 5.41) is 2.66. The number of hydrogen-bond donors (Lipinski definition) is 0. The predicted octanol–water partition coefficient (Wildman–Crippen LogP) is 8.74. The largest absolute Gasteiger partial charge is 0.346 e. The Hall–Kier alpha value is -3.23. The third-order valence-electron chi connectivity index (χ3n) is 8.84. The molecule has 39 heavy (non-hydrogen) atoms.